The number of furan rings is 1. The van der Waals surface area contributed by atoms with E-state index in [4.69, 9.17) is 4.42 Å². The maximum Gasteiger partial charge on any atom is 0.135 e. The molecular weight excluding hydrogens is 651 g/mol. The molecule has 0 unspecified atom stereocenters. The van der Waals surface area contributed by atoms with Crippen molar-refractivity contribution in [2.45, 2.75) is 19.3 Å². The van der Waals surface area contributed by atoms with Crippen molar-refractivity contribution in [3.63, 3.8) is 0 Å². The molecule has 0 bridgehead atoms. The smallest absolute Gasteiger partial charge is 0.135 e. The molecule has 8 aromatic carbocycles. The maximum absolute atomic E-state index is 6.27. The molecule has 0 amide bonds. The monoisotopic (exact) mass is 683 g/mol. The topological polar surface area (TPSA) is 16.4 Å². The Morgan fingerprint density at radius 1 is 0.519 bits per heavy atom. The van der Waals surface area contributed by atoms with Gasteiger partial charge in [0.15, 0.2) is 0 Å². The number of para-hydroxylation sites is 1. The number of fused-ring (bicyclic) bond motifs is 11. The summed E-state index contributed by atoms with van der Waals surface area (Å²) < 4.78 is 8.93. The molecule has 0 radical (unpaired) electrons. The zero-order chi connectivity index (χ0) is 34.6. The van der Waals surface area contributed by atoms with Crippen LogP contribution in [0.2, 0.25) is 0 Å². The van der Waals surface area contributed by atoms with Crippen LogP contribution in [0.25, 0.3) is 75.1 Å². The van der Waals surface area contributed by atoms with Crippen LogP contribution in [0.4, 0.5) is 17.1 Å². The van der Waals surface area contributed by atoms with Gasteiger partial charge in [-0.2, -0.15) is 0 Å². The number of hydrogen-bond donors (Lipinski definition) is 0. The summed E-state index contributed by atoms with van der Waals surface area (Å²) in [5, 5.41) is 7.52. The molecule has 3 heteroatoms. The van der Waals surface area contributed by atoms with Crippen molar-refractivity contribution in [3.8, 4) is 22.3 Å². The molecule has 246 valence electrons. The summed E-state index contributed by atoms with van der Waals surface area (Å²) >= 11 is 1.89. The molecule has 2 aromatic heterocycles. The van der Waals surface area contributed by atoms with E-state index in [1.807, 2.05) is 23.5 Å². The average Bonchev–Trinajstić information content (AvgIpc) is 3.83. The van der Waals surface area contributed by atoms with Gasteiger partial charge in [0, 0.05) is 53.3 Å². The second-order valence-corrected chi connectivity index (χ2v) is 15.5. The molecule has 0 saturated carbocycles. The highest BCUT2D eigenvalue weighted by atomic mass is 32.1. The van der Waals surface area contributed by atoms with E-state index in [-0.39, 0.29) is 5.41 Å². The number of hydrogen-bond acceptors (Lipinski definition) is 3. The van der Waals surface area contributed by atoms with Crippen molar-refractivity contribution in [3.05, 3.63) is 175 Å². The summed E-state index contributed by atoms with van der Waals surface area (Å²) in [6.45, 7) is 4.70. The minimum Gasteiger partial charge on any atom is -0.456 e. The van der Waals surface area contributed by atoms with Gasteiger partial charge in [-0.25, -0.2) is 0 Å². The molecule has 2 nitrogen and oxygen atoms in total. The molecule has 1 aliphatic carbocycles. The largest absolute Gasteiger partial charge is 0.456 e. The predicted molar refractivity (Wildman–Crippen MR) is 222 cm³/mol. The van der Waals surface area contributed by atoms with Crippen molar-refractivity contribution in [1.82, 2.24) is 0 Å². The first-order valence-electron chi connectivity index (χ1n) is 17.9. The van der Waals surface area contributed by atoms with Crippen LogP contribution in [0.15, 0.2) is 168 Å². The van der Waals surface area contributed by atoms with E-state index in [0.717, 1.165) is 33.3 Å². The Hall–Kier alpha value is -6.16. The number of thiophene rings is 1. The SMILES string of the molecule is CC1(C)c2ccccc2-c2c(N(c3ccc(-c4cccc5c4sc4ccc6ccccc6c45)cc3)c3ccc4oc5ccccc5c4c3)cccc21. The van der Waals surface area contributed by atoms with E-state index in [0.29, 0.717) is 0 Å². The molecular formula is C49H33NOS. The fourth-order valence-corrected chi connectivity index (χ4v) is 10.0. The molecule has 0 spiro atoms. The standard InChI is InChI=1S/C49H33NOS/c1-49(2)40-17-7-5-14-37(40)47-41(49)18-10-19-42(47)50(33-26-27-44-39(29-33)36-13-6-8-20-43(36)51-44)32-24-21-31(22-25-32)35-15-9-16-38-46-34-12-4-3-11-30(34)23-28-45(46)52-48(35)38/h3-29H,1-2H3. The highest BCUT2D eigenvalue weighted by Gasteiger charge is 2.37. The number of rotatable bonds is 4. The van der Waals surface area contributed by atoms with Gasteiger partial charge in [-0.3, -0.25) is 0 Å². The van der Waals surface area contributed by atoms with Crippen LogP contribution < -0.4 is 4.90 Å². The summed E-state index contributed by atoms with van der Waals surface area (Å²) in [7, 11) is 0. The van der Waals surface area contributed by atoms with Crippen molar-refractivity contribution in [2.24, 2.45) is 0 Å². The van der Waals surface area contributed by atoms with Gasteiger partial charge in [0.1, 0.15) is 11.2 Å². The van der Waals surface area contributed by atoms with Gasteiger partial charge in [-0.05, 0) is 87.1 Å². The Labute approximate surface area is 305 Å². The molecule has 10 aromatic rings. The zero-order valence-corrected chi connectivity index (χ0v) is 29.7. The molecule has 52 heavy (non-hydrogen) atoms. The van der Waals surface area contributed by atoms with Crippen LogP contribution in [0.3, 0.4) is 0 Å². The summed E-state index contributed by atoms with van der Waals surface area (Å²) in [6, 6.07) is 59.9. The lowest BCUT2D eigenvalue weighted by Crippen LogP contribution is -2.16. The van der Waals surface area contributed by atoms with Crippen molar-refractivity contribution < 1.29 is 4.42 Å². The van der Waals surface area contributed by atoms with Crippen molar-refractivity contribution in [1.29, 1.82) is 0 Å². The fraction of sp³-hybridized carbons (Fsp3) is 0.0612. The lowest BCUT2D eigenvalue weighted by atomic mass is 9.82. The van der Waals surface area contributed by atoms with Crippen LogP contribution >= 0.6 is 11.3 Å². The van der Waals surface area contributed by atoms with E-state index in [9.17, 15) is 0 Å². The van der Waals surface area contributed by atoms with Crippen LogP contribution in [0.5, 0.6) is 0 Å². The van der Waals surface area contributed by atoms with Crippen LogP contribution in [0.1, 0.15) is 25.0 Å². The first-order chi connectivity index (χ1) is 25.5. The number of nitrogens with zero attached hydrogens (tertiary/aromatic N) is 1. The molecule has 11 rings (SSSR count). The van der Waals surface area contributed by atoms with Gasteiger partial charge in [0.25, 0.3) is 0 Å². The lowest BCUT2D eigenvalue weighted by Gasteiger charge is -2.29. The fourth-order valence-electron chi connectivity index (χ4n) is 8.79. The Kier molecular flexibility index (Phi) is 6.21. The molecule has 2 heterocycles. The highest BCUT2D eigenvalue weighted by Crippen LogP contribution is 2.54. The molecule has 0 fully saturated rings. The molecule has 0 atom stereocenters. The van der Waals surface area contributed by atoms with E-state index in [1.54, 1.807) is 0 Å². The highest BCUT2D eigenvalue weighted by molar-refractivity contribution is 7.26. The van der Waals surface area contributed by atoms with Gasteiger partial charge in [-0.15, -0.1) is 11.3 Å². The van der Waals surface area contributed by atoms with E-state index in [2.05, 4.69) is 170 Å². The van der Waals surface area contributed by atoms with Crippen molar-refractivity contribution >= 4 is 81.3 Å². The molecule has 0 N–H and O–H groups in total. The first kappa shape index (κ1) is 29.6. The normalized spacial score (nSPS) is 13.3. The maximum atomic E-state index is 6.27. The molecule has 0 aliphatic heterocycles. The van der Waals surface area contributed by atoms with Crippen molar-refractivity contribution in [2.75, 3.05) is 4.90 Å². The molecule has 0 saturated heterocycles. The average molecular weight is 684 g/mol. The van der Waals surface area contributed by atoms with Gasteiger partial charge >= 0.3 is 0 Å². The zero-order valence-electron chi connectivity index (χ0n) is 28.9. The van der Waals surface area contributed by atoms with E-state index < -0.39 is 0 Å². The van der Waals surface area contributed by atoms with Gasteiger partial charge in [0.05, 0.1) is 5.69 Å². The van der Waals surface area contributed by atoms with E-state index in [1.165, 1.54) is 70.0 Å². The van der Waals surface area contributed by atoms with Crippen LogP contribution in [-0.4, -0.2) is 0 Å². The van der Waals surface area contributed by atoms with Gasteiger partial charge in [0.2, 0.25) is 0 Å². The van der Waals surface area contributed by atoms with Gasteiger partial charge < -0.3 is 9.32 Å². The second-order valence-electron chi connectivity index (χ2n) is 14.5. The Morgan fingerprint density at radius 3 is 2.12 bits per heavy atom. The Morgan fingerprint density at radius 2 is 1.21 bits per heavy atom. The summed E-state index contributed by atoms with van der Waals surface area (Å²) in [6.07, 6.45) is 0. The van der Waals surface area contributed by atoms with Crippen LogP contribution in [-0.2, 0) is 5.41 Å². The summed E-state index contributed by atoms with van der Waals surface area (Å²) in [4.78, 5) is 2.44. The Balaban J connectivity index is 1.11. The minimum atomic E-state index is -0.101. The van der Waals surface area contributed by atoms with Crippen LogP contribution in [0, 0.1) is 0 Å². The third-order valence-electron chi connectivity index (χ3n) is 11.3. The number of benzene rings is 8. The quantitative estimate of drug-likeness (QED) is 0.184. The predicted octanol–water partition coefficient (Wildman–Crippen LogP) is 14.6. The third-order valence-corrected chi connectivity index (χ3v) is 12.5. The summed E-state index contributed by atoms with van der Waals surface area (Å²) in [5.74, 6) is 0. The summed E-state index contributed by atoms with van der Waals surface area (Å²) in [5.41, 5.74) is 12.9. The molecule has 1 aliphatic rings. The van der Waals surface area contributed by atoms with Gasteiger partial charge in [-0.1, -0.05) is 129 Å². The third kappa shape index (κ3) is 4.17. The lowest BCUT2D eigenvalue weighted by molar-refractivity contribution is 0.660. The minimum absolute atomic E-state index is 0.101. The first-order valence-corrected chi connectivity index (χ1v) is 18.7. The second kappa shape index (κ2) is 10.9. The Bertz CT molecular complexity index is 3050. The number of anilines is 3. The van der Waals surface area contributed by atoms with E-state index >= 15 is 0 Å².